The van der Waals surface area contributed by atoms with Gasteiger partial charge in [0, 0.05) is 24.1 Å². The second-order valence-corrected chi connectivity index (χ2v) is 6.58. The molecule has 1 N–H and O–H groups in total. The standard InChI is InChI=1S/C18H23NO4/c1-19-7-6-10-4-5-13-16(17(10)19)11-8-14(21-2)15(22-3)9-12(11)18(20)23-13/h4,8-9,13,16-18,20H,5-7H2,1-3H3. The molecule has 3 aliphatic rings. The van der Waals surface area contributed by atoms with Crippen LogP contribution < -0.4 is 9.47 Å². The van der Waals surface area contributed by atoms with E-state index in [1.807, 2.05) is 12.1 Å². The maximum absolute atomic E-state index is 10.4. The molecule has 0 aromatic heterocycles. The molecule has 1 fully saturated rings. The van der Waals surface area contributed by atoms with Crippen LogP contribution in [0.1, 0.15) is 36.2 Å². The molecule has 0 saturated carbocycles. The van der Waals surface area contributed by atoms with E-state index in [2.05, 4.69) is 18.0 Å². The fraction of sp³-hybridized carbons (Fsp3) is 0.556. The second-order valence-electron chi connectivity index (χ2n) is 6.58. The zero-order chi connectivity index (χ0) is 16.1. The first-order valence-corrected chi connectivity index (χ1v) is 8.12. The Bertz CT molecular complexity index is 657. The van der Waals surface area contributed by atoms with Crippen molar-refractivity contribution in [2.75, 3.05) is 27.8 Å². The lowest BCUT2D eigenvalue weighted by Crippen LogP contribution is -2.44. The van der Waals surface area contributed by atoms with Crippen LogP contribution in [-0.4, -0.2) is 50.0 Å². The number of rotatable bonds is 2. The molecule has 2 aliphatic heterocycles. The molecule has 1 aromatic rings. The first-order valence-electron chi connectivity index (χ1n) is 8.12. The molecule has 23 heavy (non-hydrogen) atoms. The summed E-state index contributed by atoms with van der Waals surface area (Å²) in [7, 11) is 5.42. The Morgan fingerprint density at radius 3 is 2.57 bits per heavy atom. The molecule has 2 heterocycles. The summed E-state index contributed by atoms with van der Waals surface area (Å²) in [6, 6.07) is 4.22. The van der Waals surface area contributed by atoms with Crippen molar-refractivity contribution in [2.45, 2.75) is 37.2 Å². The lowest BCUT2D eigenvalue weighted by Gasteiger charge is -2.44. The monoisotopic (exact) mass is 317 g/mol. The summed E-state index contributed by atoms with van der Waals surface area (Å²) in [5.74, 6) is 1.55. The van der Waals surface area contributed by atoms with Gasteiger partial charge in [-0.05, 0) is 37.6 Å². The van der Waals surface area contributed by atoms with Crippen molar-refractivity contribution in [2.24, 2.45) is 0 Å². The topological polar surface area (TPSA) is 51.2 Å². The third kappa shape index (κ3) is 2.18. The lowest BCUT2D eigenvalue weighted by atomic mass is 9.74. The van der Waals surface area contributed by atoms with Gasteiger partial charge in [-0.2, -0.15) is 0 Å². The van der Waals surface area contributed by atoms with Crippen LogP contribution in [0.25, 0.3) is 0 Å². The van der Waals surface area contributed by atoms with E-state index in [9.17, 15) is 5.11 Å². The van der Waals surface area contributed by atoms with E-state index >= 15 is 0 Å². The molecule has 5 heteroatoms. The molecule has 4 unspecified atom stereocenters. The van der Waals surface area contributed by atoms with Gasteiger partial charge in [-0.25, -0.2) is 0 Å². The first-order chi connectivity index (χ1) is 11.1. The van der Waals surface area contributed by atoms with E-state index in [1.54, 1.807) is 14.2 Å². The zero-order valence-corrected chi connectivity index (χ0v) is 13.8. The normalized spacial score (nSPS) is 32.6. The van der Waals surface area contributed by atoms with Gasteiger partial charge < -0.3 is 19.3 Å². The van der Waals surface area contributed by atoms with Gasteiger partial charge in [0.2, 0.25) is 0 Å². The van der Waals surface area contributed by atoms with Crippen molar-refractivity contribution in [3.63, 3.8) is 0 Å². The van der Waals surface area contributed by atoms with Crippen molar-refractivity contribution in [3.8, 4) is 11.5 Å². The largest absolute Gasteiger partial charge is 0.493 e. The van der Waals surface area contributed by atoms with E-state index in [-0.39, 0.29) is 12.0 Å². The number of aliphatic hydroxyl groups excluding tert-OH is 1. The van der Waals surface area contributed by atoms with Crippen molar-refractivity contribution in [3.05, 3.63) is 34.9 Å². The number of methoxy groups -OCH3 is 2. The smallest absolute Gasteiger partial charge is 0.181 e. The molecule has 1 saturated heterocycles. The van der Waals surface area contributed by atoms with E-state index in [0.717, 1.165) is 30.5 Å². The Morgan fingerprint density at radius 1 is 1.17 bits per heavy atom. The molecule has 4 atom stereocenters. The van der Waals surface area contributed by atoms with Crippen LogP contribution in [0.15, 0.2) is 23.8 Å². The molecule has 1 aliphatic carbocycles. The Kier molecular flexibility index (Phi) is 3.59. The van der Waals surface area contributed by atoms with Crippen LogP contribution >= 0.6 is 0 Å². The highest BCUT2D eigenvalue weighted by molar-refractivity contribution is 5.52. The average Bonchev–Trinajstić information content (AvgIpc) is 2.95. The van der Waals surface area contributed by atoms with Crippen LogP contribution in [0.5, 0.6) is 11.5 Å². The number of aliphatic hydroxyl groups is 1. The zero-order valence-electron chi connectivity index (χ0n) is 13.8. The van der Waals surface area contributed by atoms with Gasteiger partial charge in [0.25, 0.3) is 0 Å². The van der Waals surface area contributed by atoms with E-state index in [0.29, 0.717) is 17.5 Å². The minimum Gasteiger partial charge on any atom is -0.493 e. The summed E-state index contributed by atoms with van der Waals surface area (Å²) in [4.78, 5) is 2.39. The van der Waals surface area contributed by atoms with Crippen molar-refractivity contribution < 1.29 is 19.3 Å². The molecule has 0 radical (unpaired) electrons. The van der Waals surface area contributed by atoms with Crippen LogP contribution in [0.4, 0.5) is 0 Å². The van der Waals surface area contributed by atoms with Crippen molar-refractivity contribution >= 4 is 0 Å². The molecule has 0 spiro atoms. The molecule has 0 bridgehead atoms. The predicted octanol–water partition coefficient (Wildman–Crippen LogP) is 2.21. The molecular formula is C18H23NO4. The Morgan fingerprint density at radius 2 is 1.87 bits per heavy atom. The van der Waals surface area contributed by atoms with Crippen molar-refractivity contribution in [1.29, 1.82) is 0 Å². The highest BCUT2D eigenvalue weighted by Gasteiger charge is 2.46. The van der Waals surface area contributed by atoms with Gasteiger partial charge in [0.1, 0.15) is 0 Å². The highest BCUT2D eigenvalue weighted by atomic mass is 16.6. The first kappa shape index (κ1) is 15.0. The van der Waals surface area contributed by atoms with Gasteiger partial charge in [0.15, 0.2) is 17.8 Å². The van der Waals surface area contributed by atoms with Crippen LogP contribution in [-0.2, 0) is 4.74 Å². The Labute approximate surface area is 136 Å². The van der Waals surface area contributed by atoms with E-state index in [1.165, 1.54) is 5.57 Å². The van der Waals surface area contributed by atoms with Gasteiger partial charge in [-0.15, -0.1) is 0 Å². The molecule has 0 amide bonds. The number of fused-ring (bicyclic) bond motifs is 5. The second kappa shape index (κ2) is 5.51. The quantitative estimate of drug-likeness (QED) is 0.848. The number of benzene rings is 1. The Balaban J connectivity index is 1.86. The lowest BCUT2D eigenvalue weighted by molar-refractivity contribution is -0.162. The van der Waals surface area contributed by atoms with E-state index < -0.39 is 6.29 Å². The number of likely N-dealkylation sites (tertiary alicyclic amines) is 1. The minimum absolute atomic E-state index is 0.00454. The SMILES string of the molecule is COc1cc2c(cc1OC)C1C(CC=C3CCN(C)C31)OC2O. The minimum atomic E-state index is -0.910. The summed E-state index contributed by atoms with van der Waals surface area (Å²) in [6.07, 6.45) is 3.37. The number of likely N-dealkylation sites (N-methyl/N-ethyl adjacent to an activating group) is 1. The maximum atomic E-state index is 10.4. The van der Waals surface area contributed by atoms with Crippen LogP contribution in [0, 0.1) is 0 Å². The highest BCUT2D eigenvalue weighted by Crippen LogP contribution is 2.50. The number of hydrogen-bond acceptors (Lipinski definition) is 5. The van der Waals surface area contributed by atoms with Gasteiger partial charge in [-0.1, -0.05) is 11.6 Å². The van der Waals surface area contributed by atoms with E-state index in [4.69, 9.17) is 14.2 Å². The maximum Gasteiger partial charge on any atom is 0.181 e. The number of nitrogens with zero attached hydrogens (tertiary/aromatic N) is 1. The number of hydrogen-bond donors (Lipinski definition) is 1. The summed E-state index contributed by atoms with van der Waals surface area (Å²) >= 11 is 0. The average molecular weight is 317 g/mol. The molecule has 124 valence electrons. The number of ether oxygens (including phenoxy) is 3. The van der Waals surface area contributed by atoms with Gasteiger partial charge in [-0.3, -0.25) is 4.90 Å². The third-order valence-electron chi connectivity index (χ3n) is 5.48. The van der Waals surface area contributed by atoms with Gasteiger partial charge >= 0.3 is 0 Å². The summed E-state index contributed by atoms with van der Waals surface area (Å²) in [5.41, 5.74) is 3.41. The Hall–Kier alpha value is -1.56. The predicted molar refractivity (Wildman–Crippen MR) is 85.9 cm³/mol. The van der Waals surface area contributed by atoms with Crippen molar-refractivity contribution in [1.82, 2.24) is 4.90 Å². The summed E-state index contributed by atoms with van der Waals surface area (Å²) in [6.45, 7) is 1.07. The molecule has 4 rings (SSSR count). The van der Waals surface area contributed by atoms with Gasteiger partial charge in [0.05, 0.1) is 20.3 Å². The van der Waals surface area contributed by atoms with Crippen LogP contribution in [0.2, 0.25) is 0 Å². The molecule has 1 aromatic carbocycles. The fourth-order valence-electron chi connectivity index (χ4n) is 4.38. The fourth-order valence-corrected chi connectivity index (χ4v) is 4.38. The summed E-state index contributed by atoms with van der Waals surface area (Å²) < 4.78 is 16.8. The molecule has 5 nitrogen and oxygen atoms in total. The summed E-state index contributed by atoms with van der Waals surface area (Å²) in [5, 5.41) is 10.4. The molecular weight excluding hydrogens is 294 g/mol. The van der Waals surface area contributed by atoms with Crippen LogP contribution in [0.3, 0.4) is 0 Å². The third-order valence-corrected chi connectivity index (χ3v) is 5.48.